The van der Waals surface area contributed by atoms with Crippen molar-refractivity contribution in [1.82, 2.24) is 0 Å². The molecule has 0 aliphatic heterocycles. The van der Waals surface area contributed by atoms with Crippen LogP contribution in [-0.4, -0.2) is 0 Å². The van der Waals surface area contributed by atoms with Gasteiger partial charge in [0.15, 0.2) is 0 Å². The largest absolute Gasteiger partial charge is 0.206 e. The fourth-order valence-corrected chi connectivity index (χ4v) is 4.25. The van der Waals surface area contributed by atoms with Gasteiger partial charge in [0.25, 0.3) is 0 Å². The molecule has 0 radical (unpaired) electrons. The number of aryl methyl sites for hydroxylation is 1. The van der Waals surface area contributed by atoms with Crippen LogP contribution in [0.2, 0.25) is 5.02 Å². The van der Waals surface area contributed by atoms with Gasteiger partial charge in [-0.15, -0.1) is 0 Å². The molecule has 0 aliphatic rings. The molecular formula is C28H23ClF4. The Balaban J connectivity index is 1.68. The Hall–Kier alpha value is -2.85. The molecule has 0 saturated carbocycles. The van der Waals surface area contributed by atoms with E-state index in [1.807, 2.05) is 12.1 Å². The van der Waals surface area contributed by atoms with Gasteiger partial charge in [0.2, 0.25) is 0 Å². The van der Waals surface area contributed by atoms with Gasteiger partial charge in [-0.25, -0.2) is 17.6 Å². The zero-order chi connectivity index (χ0) is 23.5. The molecule has 4 rings (SSSR count). The smallest absolute Gasteiger partial charge is 0.142 e. The number of fused-ring (bicyclic) bond motifs is 1. The van der Waals surface area contributed by atoms with Gasteiger partial charge >= 0.3 is 0 Å². The minimum absolute atomic E-state index is 0.0175. The average Bonchev–Trinajstić information content (AvgIpc) is 2.79. The summed E-state index contributed by atoms with van der Waals surface area (Å²) < 4.78 is 58.8. The van der Waals surface area contributed by atoms with Crippen LogP contribution in [-0.2, 0) is 6.42 Å². The van der Waals surface area contributed by atoms with E-state index in [9.17, 15) is 13.2 Å². The molecule has 0 atom stereocenters. The topological polar surface area (TPSA) is 0 Å². The first-order chi connectivity index (χ1) is 15.9. The summed E-state index contributed by atoms with van der Waals surface area (Å²) in [6, 6.07) is 14.6. The highest BCUT2D eigenvalue weighted by Gasteiger charge is 2.18. The second kappa shape index (κ2) is 9.96. The number of unbranched alkanes of at least 4 members (excludes halogenated alkanes) is 3. The highest BCUT2D eigenvalue weighted by molar-refractivity contribution is 6.30. The van der Waals surface area contributed by atoms with Gasteiger partial charge in [0.1, 0.15) is 23.3 Å². The minimum atomic E-state index is -0.909. The molecule has 0 fully saturated rings. The molecular weight excluding hydrogens is 448 g/mol. The van der Waals surface area contributed by atoms with Crippen LogP contribution >= 0.6 is 11.6 Å². The highest BCUT2D eigenvalue weighted by atomic mass is 35.5. The van der Waals surface area contributed by atoms with Crippen molar-refractivity contribution in [2.75, 3.05) is 0 Å². The van der Waals surface area contributed by atoms with E-state index in [-0.39, 0.29) is 27.3 Å². The van der Waals surface area contributed by atoms with E-state index in [0.29, 0.717) is 5.39 Å². The minimum Gasteiger partial charge on any atom is -0.206 e. The van der Waals surface area contributed by atoms with E-state index in [4.69, 9.17) is 11.6 Å². The molecule has 33 heavy (non-hydrogen) atoms. The summed E-state index contributed by atoms with van der Waals surface area (Å²) in [5.74, 6) is -3.13. The zero-order valence-electron chi connectivity index (χ0n) is 18.2. The third-order valence-electron chi connectivity index (χ3n) is 5.90. The Morgan fingerprint density at radius 2 is 1.42 bits per heavy atom. The van der Waals surface area contributed by atoms with Gasteiger partial charge in [0, 0.05) is 10.9 Å². The first-order valence-corrected chi connectivity index (χ1v) is 11.4. The lowest BCUT2D eigenvalue weighted by Gasteiger charge is -2.12. The maximum atomic E-state index is 15.3. The van der Waals surface area contributed by atoms with Crippen LogP contribution in [0.15, 0.2) is 60.7 Å². The lowest BCUT2D eigenvalue weighted by Crippen LogP contribution is -1.95. The molecule has 4 aromatic carbocycles. The quantitative estimate of drug-likeness (QED) is 0.186. The van der Waals surface area contributed by atoms with Crippen molar-refractivity contribution < 1.29 is 17.6 Å². The third-order valence-corrected chi connectivity index (χ3v) is 6.21. The van der Waals surface area contributed by atoms with Gasteiger partial charge < -0.3 is 0 Å². The molecule has 0 nitrogen and oxygen atoms in total. The highest BCUT2D eigenvalue weighted by Crippen LogP contribution is 2.35. The lowest BCUT2D eigenvalue weighted by atomic mass is 9.95. The Kier molecular flexibility index (Phi) is 7.04. The predicted octanol–water partition coefficient (Wildman–Crippen LogP) is 9.51. The predicted molar refractivity (Wildman–Crippen MR) is 128 cm³/mol. The SMILES string of the molecule is CCCCCCc1ccc2c(F)c(-c3cc(F)c(-c4ccc(Cl)c(F)c4)c(F)c3)ccc2c1. The fourth-order valence-electron chi connectivity index (χ4n) is 4.13. The van der Waals surface area contributed by atoms with Crippen molar-refractivity contribution in [3.05, 3.63) is 94.5 Å². The molecule has 170 valence electrons. The van der Waals surface area contributed by atoms with Gasteiger partial charge in [-0.2, -0.15) is 0 Å². The number of hydrogen-bond donors (Lipinski definition) is 0. The summed E-state index contributed by atoms with van der Waals surface area (Å²) in [5.41, 5.74) is 0.950. The normalized spacial score (nSPS) is 11.3. The maximum absolute atomic E-state index is 15.3. The van der Waals surface area contributed by atoms with E-state index in [2.05, 4.69) is 6.92 Å². The average molecular weight is 471 g/mol. The van der Waals surface area contributed by atoms with E-state index >= 15 is 4.39 Å². The summed E-state index contributed by atoms with van der Waals surface area (Å²) in [4.78, 5) is 0. The monoisotopic (exact) mass is 470 g/mol. The summed E-state index contributed by atoms with van der Waals surface area (Å²) in [5, 5.41) is 1.01. The van der Waals surface area contributed by atoms with Crippen LogP contribution in [0.1, 0.15) is 38.2 Å². The van der Waals surface area contributed by atoms with Crippen molar-refractivity contribution in [3.8, 4) is 22.3 Å². The molecule has 0 saturated heterocycles. The summed E-state index contributed by atoms with van der Waals surface area (Å²) in [6.45, 7) is 2.17. The molecule has 5 heteroatoms. The van der Waals surface area contributed by atoms with Crippen molar-refractivity contribution in [2.24, 2.45) is 0 Å². The number of hydrogen-bond acceptors (Lipinski definition) is 0. The van der Waals surface area contributed by atoms with Gasteiger partial charge in [-0.1, -0.05) is 74.2 Å². The van der Waals surface area contributed by atoms with Crippen LogP contribution in [0.4, 0.5) is 17.6 Å². The molecule has 0 spiro atoms. The second-order valence-electron chi connectivity index (χ2n) is 8.24. The van der Waals surface area contributed by atoms with Crippen LogP contribution in [0.25, 0.3) is 33.0 Å². The summed E-state index contributed by atoms with van der Waals surface area (Å²) in [6.07, 6.45) is 5.55. The van der Waals surface area contributed by atoms with Gasteiger partial charge in [0.05, 0.1) is 10.6 Å². The molecule has 4 aromatic rings. The number of rotatable bonds is 7. The first kappa shape index (κ1) is 23.3. The van der Waals surface area contributed by atoms with Crippen molar-refractivity contribution in [3.63, 3.8) is 0 Å². The maximum Gasteiger partial charge on any atom is 0.142 e. The molecule has 0 heterocycles. The van der Waals surface area contributed by atoms with E-state index < -0.39 is 23.3 Å². The molecule has 0 amide bonds. The summed E-state index contributed by atoms with van der Waals surface area (Å²) >= 11 is 5.66. The Morgan fingerprint density at radius 1 is 0.697 bits per heavy atom. The second-order valence-corrected chi connectivity index (χ2v) is 8.64. The third kappa shape index (κ3) is 4.91. The van der Waals surface area contributed by atoms with Crippen LogP contribution in [0.5, 0.6) is 0 Å². The Bertz CT molecular complexity index is 1290. The molecule has 0 bridgehead atoms. The standard InChI is InChI=1S/C28H23ClF4/c1-2-3-4-5-6-17-7-10-21-18(13-17)8-11-22(28(21)33)20-15-25(31)27(26(32)16-20)19-9-12-23(29)24(30)14-19/h7-16H,2-6H2,1H3. The Morgan fingerprint density at radius 3 is 2.12 bits per heavy atom. The lowest BCUT2D eigenvalue weighted by molar-refractivity contribution is 0.589. The van der Waals surface area contributed by atoms with Crippen molar-refractivity contribution >= 4 is 22.4 Å². The van der Waals surface area contributed by atoms with E-state index in [1.165, 1.54) is 31.0 Å². The molecule has 0 N–H and O–H groups in total. The molecule has 0 aliphatic carbocycles. The van der Waals surface area contributed by atoms with E-state index in [1.54, 1.807) is 12.1 Å². The Labute approximate surface area is 195 Å². The molecule has 0 unspecified atom stereocenters. The summed E-state index contributed by atoms with van der Waals surface area (Å²) in [7, 11) is 0. The zero-order valence-corrected chi connectivity index (χ0v) is 19.0. The van der Waals surface area contributed by atoms with Gasteiger partial charge in [-0.05, 0) is 59.2 Å². The molecule has 0 aromatic heterocycles. The number of benzene rings is 4. The first-order valence-electron chi connectivity index (χ1n) is 11.0. The van der Waals surface area contributed by atoms with Crippen molar-refractivity contribution in [1.29, 1.82) is 0 Å². The van der Waals surface area contributed by atoms with E-state index in [0.717, 1.165) is 48.4 Å². The fraction of sp³-hybridized carbons (Fsp3) is 0.214. The van der Waals surface area contributed by atoms with Gasteiger partial charge in [-0.3, -0.25) is 0 Å². The van der Waals surface area contributed by atoms with Crippen LogP contribution in [0.3, 0.4) is 0 Å². The van der Waals surface area contributed by atoms with Crippen LogP contribution < -0.4 is 0 Å². The van der Waals surface area contributed by atoms with Crippen molar-refractivity contribution in [2.45, 2.75) is 39.0 Å². The van der Waals surface area contributed by atoms with Crippen LogP contribution in [0, 0.1) is 23.3 Å². The number of halogens is 5.